The van der Waals surface area contributed by atoms with Crippen molar-refractivity contribution in [1.29, 1.82) is 0 Å². The highest BCUT2D eigenvalue weighted by atomic mass is 35.5. The molecule has 0 saturated carbocycles. The minimum absolute atomic E-state index is 0.649. The predicted molar refractivity (Wildman–Crippen MR) is 42.4 cm³/mol. The van der Waals surface area contributed by atoms with Crippen molar-refractivity contribution in [3.05, 3.63) is 17.7 Å². The second-order valence-electron chi connectivity index (χ2n) is 2.30. The molecule has 0 amide bonds. The first kappa shape index (κ1) is 7.61. The lowest BCUT2D eigenvalue weighted by Crippen LogP contribution is -1.99. The summed E-state index contributed by atoms with van der Waals surface area (Å²) in [6, 6.07) is 0. The lowest BCUT2D eigenvalue weighted by molar-refractivity contribution is 0.741. The van der Waals surface area contributed by atoms with E-state index in [2.05, 4.69) is 16.5 Å². The van der Waals surface area contributed by atoms with Crippen molar-refractivity contribution in [2.24, 2.45) is 0 Å². The van der Waals surface area contributed by atoms with Crippen LogP contribution >= 0.6 is 11.6 Å². The Balaban J connectivity index is 2.83. The number of alkyl halides is 1. The van der Waals surface area contributed by atoms with Gasteiger partial charge in [-0.1, -0.05) is 0 Å². The molecule has 3 heteroatoms. The molecule has 0 aromatic carbocycles. The molecular weight excluding hydrogens is 148 g/mol. The van der Waals surface area contributed by atoms with Crippen molar-refractivity contribution in [3.8, 4) is 0 Å². The van der Waals surface area contributed by atoms with Crippen molar-refractivity contribution in [1.82, 2.24) is 9.55 Å². The van der Waals surface area contributed by atoms with Crippen LogP contribution in [0.25, 0.3) is 0 Å². The standard InChI is InChI=1S/C7H11ClN2/c1-6-7(2)10(4-3-8)5-9-6/h5H,3-4H2,1-2H3. The van der Waals surface area contributed by atoms with Gasteiger partial charge in [0.25, 0.3) is 0 Å². The highest BCUT2D eigenvalue weighted by Gasteiger charge is 1.98. The maximum Gasteiger partial charge on any atom is 0.0951 e. The minimum atomic E-state index is 0.649. The maximum absolute atomic E-state index is 5.57. The Morgan fingerprint density at radius 3 is 2.70 bits per heavy atom. The summed E-state index contributed by atoms with van der Waals surface area (Å²) in [5.41, 5.74) is 2.30. The van der Waals surface area contributed by atoms with Gasteiger partial charge >= 0.3 is 0 Å². The largest absolute Gasteiger partial charge is 0.333 e. The van der Waals surface area contributed by atoms with E-state index in [9.17, 15) is 0 Å². The number of hydrogen-bond acceptors (Lipinski definition) is 1. The topological polar surface area (TPSA) is 17.8 Å². The molecule has 1 aromatic heterocycles. The van der Waals surface area contributed by atoms with Crippen LogP contribution in [0.2, 0.25) is 0 Å². The second-order valence-corrected chi connectivity index (χ2v) is 2.68. The Kier molecular flexibility index (Phi) is 2.33. The molecule has 0 bridgehead atoms. The van der Waals surface area contributed by atoms with Crippen LogP contribution in [0.1, 0.15) is 11.4 Å². The van der Waals surface area contributed by atoms with Gasteiger partial charge in [0.2, 0.25) is 0 Å². The molecule has 2 nitrogen and oxygen atoms in total. The van der Waals surface area contributed by atoms with E-state index >= 15 is 0 Å². The smallest absolute Gasteiger partial charge is 0.0951 e. The third-order valence-electron chi connectivity index (χ3n) is 1.67. The molecule has 0 fully saturated rings. The van der Waals surface area contributed by atoms with Crippen LogP contribution < -0.4 is 0 Å². The van der Waals surface area contributed by atoms with E-state index in [0.29, 0.717) is 5.88 Å². The molecule has 56 valence electrons. The van der Waals surface area contributed by atoms with Gasteiger partial charge in [0, 0.05) is 18.1 Å². The van der Waals surface area contributed by atoms with Crippen LogP contribution in [0.15, 0.2) is 6.33 Å². The first-order valence-electron chi connectivity index (χ1n) is 3.30. The molecule has 0 unspecified atom stereocenters. The fraction of sp³-hybridized carbons (Fsp3) is 0.571. The van der Waals surface area contributed by atoms with E-state index in [4.69, 9.17) is 11.6 Å². The van der Waals surface area contributed by atoms with E-state index in [1.807, 2.05) is 13.3 Å². The van der Waals surface area contributed by atoms with Crippen LogP contribution in [-0.2, 0) is 6.54 Å². The van der Waals surface area contributed by atoms with Gasteiger partial charge in [-0.2, -0.15) is 0 Å². The lowest BCUT2D eigenvalue weighted by atomic mass is 10.4. The molecule has 0 atom stereocenters. The predicted octanol–water partition coefficient (Wildman–Crippen LogP) is 1.74. The molecule has 0 aliphatic carbocycles. The van der Waals surface area contributed by atoms with E-state index < -0.39 is 0 Å². The van der Waals surface area contributed by atoms with Gasteiger partial charge in [0.1, 0.15) is 0 Å². The molecule has 1 rings (SSSR count). The summed E-state index contributed by atoms with van der Waals surface area (Å²) in [5.74, 6) is 0.649. The van der Waals surface area contributed by atoms with Gasteiger partial charge in [0.15, 0.2) is 0 Å². The minimum Gasteiger partial charge on any atom is -0.333 e. The summed E-state index contributed by atoms with van der Waals surface area (Å²) in [5, 5.41) is 0. The van der Waals surface area contributed by atoms with E-state index in [1.54, 1.807) is 0 Å². The number of aromatic nitrogens is 2. The third kappa shape index (κ3) is 1.32. The van der Waals surface area contributed by atoms with Crippen molar-refractivity contribution in [2.75, 3.05) is 5.88 Å². The number of hydrogen-bond donors (Lipinski definition) is 0. The zero-order valence-electron chi connectivity index (χ0n) is 6.26. The summed E-state index contributed by atoms with van der Waals surface area (Å²) in [6.07, 6.45) is 1.83. The molecule has 0 N–H and O–H groups in total. The zero-order valence-corrected chi connectivity index (χ0v) is 7.02. The summed E-state index contributed by atoms with van der Waals surface area (Å²) in [4.78, 5) is 4.14. The second kappa shape index (κ2) is 3.06. The Labute approximate surface area is 65.8 Å². The average Bonchev–Trinajstić information content (AvgIpc) is 2.20. The molecule has 0 radical (unpaired) electrons. The van der Waals surface area contributed by atoms with Crippen LogP contribution in [-0.4, -0.2) is 15.4 Å². The average molecular weight is 159 g/mol. The number of halogens is 1. The zero-order chi connectivity index (χ0) is 7.56. The van der Waals surface area contributed by atoms with E-state index in [0.717, 1.165) is 12.2 Å². The number of imidazole rings is 1. The van der Waals surface area contributed by atoms with Gasteiger partial charge < -0.3 is 4.57 Å². The fourth-order valence-electron chi connectivity index (χ4n) is 0.861. The lowest BCUT2D eigenvalue weighted by Gasteiger charge is -1.99. The number of rotatable bonds is 2. The third-order valence-corrected chi connectivity index (χ3v) is 1.84. The molecule has 0 aliphatic rings. The highest BCUT2D eigenvalue weighted by molar-refractivity contribution is 6.17. The molecule has 0 aliphatic heterocycles. The summed E-state index contributed by atoms with van der Waals surface area (Å²) in [6.45, 7) is 4.91. The van der Waals surface area contributed by atoms with Crippen molar-refractivity contribution in [2.45, 2.75) is 20.4 Å². The quantitative estimate of drug-likeness (QED) is 0.600. The van der Waals surface area contributed by atoms with E-state index in [-0.39, 0.29) is 0 Å². The van der Waals surface area contributed by atoms with Crippen LogP contribution in [0.4, 0.5) is 0 Å². The monoisotopic (exact) mass is 158 g/mol. The van der Waals surface area contributed by atoms with Crippen LogP contribution in [0, 0.1) is 13.8 Å². The van der Waals surface area contributed by atoms with Crippen LogP contribution in [0.5, 0.6) is 0 Å². The molecular formula is C7H11ClN2. The summed E-state index contributed by atoms with van der Waals surface area (Å²) in [7, 11) is 0. The van der Waals surface area contributed by atoms with Gasteiger partial charge in [0.05, 0.1) is 12.0 Å². The molecule has 1 heterocycles. The summed E-state index contributed by atoms with van der Waals surface area (Å²) >= 11 is 5.57. The molecule has 0 spiro atoms. The van der Waals surface area contributed by atoms with Gasteiger partial charge in [-0.15, -0.1) is 11.6 Å². The first-order chi connectivity index (χ1) is 4.75. The van der Waals surface area contributed by atoms with E-state index in [1.165, 1.54) is 5.69 Å². The van der Waals surface area contributed by atoms with Crippen molar-refractivity contribution in [3.63, 3.8) is 0 Å². The fourth-order valence-corrected chi connectivity index (χ4v) is 1.04. The molecule has 0 saturated heterocycles. The SMILES string of the molecule is Cc1ncn(CCCl)c1C. The van der Waals surface area contributed by atoms with Gasteiger partial charge in [-0.05, 0) is 13.8 Å². The Hall–Kier alpha value is -0.500. The van der Waals surface area contributed by atoms with Gasteiger partial charge in [-0.3, -0.25) is 0 Å². The Morgan fingerprint density at radius 2 is 2.30 bits per heavy atom. The molecule has 10 heavy (non-hydrogen) atoms. The van der Waals surface area contributed by atoms with Gasteiger partial charge in [-0.25, -0.2) is 4.98 Å². The number of aryl methyl sites for hydroxylation is 2. The Morgan fingerprint density at radius 1 is 1.60 bits per heavy atom. The maximum atomic E-state index is 5.57. The Bertz CT molecular complexity index is 217. The van der Waals surface area contributed by atoms with Crippen molar-refractivity contribution >= 4 is 11.6 Å². The first-order valence-corrected chi connectivity index (χ1v) is 3.83. The number of nitrogens with zero attached hydrogens (tertiary/aromatic N) is 2. The normalized spacial score (nSPS) is 10.3. The summed E-state index contributed by atoms with van der Waals surface area (Å²) < 4.78 is 2.06. The van der Waals surface area contributed by atoms with Crippen molar-refractivity contribution < 1.29 is 0 Å². The van der Waals surface area contributed by atoms with Crippen LogP contribution in [0.3, 0.4) is 0 Å². The highest BCUT2D eigenvalue weighted by Crippen LogP contribution is 2.03. The molecule has 1 aromatic rings.